The first-order valence-electron chi connectivity index (χ1n) is 4.05. The molecule has 4 nitrogen and oxygen atoms in total. The number of rotatable bonds is 2. The van der Waals surface area contributed by atoms with E-state index in [2.05, 4.69) is 11.6 Å². The summed E-state index contributed by atoms with van der Waals surface area (Å²) in [4.78, 5) is 14.8. The van der Waals surface area contributed by atoms with Crippen molar-refractivity contribution in [3.8, 4) is 0 Å². The highest BCUT2D eigenvalue weighted by Gasteiger charge is 2.09. The largest absolute Gasteiger partial charge is 0.477 e. The van der Waals surface area contributed by atoms with Gasteiger partial charge in [-0.3, -0.25) is 4.57 Å². The lowest BCUT2D eigenvalue weighted by atomic mass is 10.3. The van der Waals surface area contributed by atoms with E-state index in [-0.39, 0.29) is 5.70 Å². The number of hydrogen-bond acceptors (Lipinski definition) is 2. The molecule has 2 rings (SSSR count). The van der Waals surface area contributed by atoms with E-state index in [0.29, 0.717) is 0 Å². The number of nitrogens with zero attached hydrogens (tertiary/aromatic N) is 2. The second-order valence-corrected chi connectivity index (χ2v) is 2.86. The lowest BCUT2D eigenvalue weighted by Gasteiger charge is -2.01. The summed E-state index contributed by atoms with van der Waals surface area (Å²) in [6.45, 7) is 3.47. The molecule has 14 heavy (non-hydrogen) atoms. The summed E-state index contributed by atoms with van der Waals surface area (Å²) in [5.74, 6) is -1.05. The van der Waals surface area contributed by atoms with Crippen LogP contribution in [0.2, 0.25) is 0 Å². The van der Waals surface area contributed by atoms with Crippen molar-refractivity contribution in [3.05, 3.63) is 37.2 Å². The Kier molecular flexibility index (Phi) is 1.81. The van der Waals surface area contributed by atoms with Gasteiger partial charge in [-0.05, 0) is 12.1 Å². The number of aliphatic carboxylic acids is 1. The van der Waals surface area contributed by atoms with Crippen molar-refractivity contribution in [3.63, 3.8) is 0 Å². The molecule has 0 atom stereocenters. The maximum atomic E-state index is 10.7. The fraction of sp³-hybridized carbons (Fsp3) is 0. The minimum atomic E-state index is -1.05. The molecule has 2 aromatic rings. The summed E-state index contributed by atoms with van der Waals surface area (Å²) < 4.78 is 1.46. The molecule has 0 radical (unpaired) electrons. The number of hydrogen-bond donors (Lipinski definition) is 1. The van der Waals surface area contributed by atoms with E-state index in [0.717, 1.165) is 11.0 Å². The number of carbonyl (C=O) groups is 1. The van der Waals surface area contributed by atoms with Crippen molar-refractivity contribution < 1.29 is 9.90 Å². The number of fused-ring (bicyclic) bond motifs is 1. The Morgan fingerprint density at radius 2 is 2.14 bits per heavy atom. The fourth-order valence-corrected chi connectivity index (χ4v) is 1.28. The van der Waals surface area contributed by atoms with Crippen LogP contribution in [-0.4, -0.2) is 20.6 Å². The molecule has 0 bridgehead atoms. The Morgan fingerprint density at radius 1 is 1.43 bits per heavy atom. The number of benzene rings is 1. The first kappa shape index (κ1) is 8.50. The van der Waals surface area contributed by atoms with E-state index in [1.165, 1.54) is 10.9 Å². The van der Waals surface area contributed by atoms with Gasteiger partial charge >= 0.3 is 5.97 Å². The second-order valence-electron chi connectivity index (χ2n) is 2.86. The van der Waals surface area contributed by atoms with Crippen LogP contribution in [0.25, 0.3) is 16.7 Å². The van der Waals surface area contributed by atoms with E-state index in [4.69, 9.17) is 5.11 Å². The minimum Gasteiger partial charge on any atom is -0.477 e. The zero-order valence-electron chi connectivity index (χ0n) is 7.34. The van der Waals surface area contributed by atoms with E-state index >= 15 is 0 Å². The monoisotopic (exact) mass is 188 g/mol. The molecule has 0 aliphatic rings. The van der Waals surface area contributed by atoms with Gasteiger partial charge in [-0.1, -0.05) is 18.7 Å². The van der Waals surface area contributed by atoms with Gasteiger partial charge < -0.3 is 5.11 Å². The molecule has 4 heteroatoms. The van der Waals surface area contributed by atoms with Crippen LogP contribution in [0.3, 0.4) is 0 Å². The highest BCUT2D eigenvalue weighted by atomic mass is 16.4. The third-order valence-corrected chi connectivity index (χ3v) is 1.99. The van der Waals surface area contributed by atoms with Crippen LogP contribution in [0, 0.1) is 0 Å². The van der Waals surface area contributed by atoms with Crippen LogP contribution >= 0.6 is 0 Å². The molecule has 0 saturated carbocycles. The van der Waals surface area contributed by atoms with Crippen LogP contribution in [-0.2, 0) is 4.79 Å². The third-order valence-electron chi connectivity index (χ3n) is 1.99. The van der Waals surface area contributed by atoms with Crippen LogP contribution in [0.1, 0.15) is 0 Å². The topological polar surface area (TPSA) is 55.1 Å². The summed E-state index contributed by atoms with van der Waals surface area (Å²) in [7, 11) is 0. The molecular weight excluding hydrogens is 180 g/mol. The Balaban J connectivity index is 2.64. The van der Waals surface area contributed by atoms with Gasteiger partial charge in [-0.25, -0.2) is 9.78 Å². The summed E-state index contributed by atoms with van der Waals surface area (Å²) in [6.07, 6.45) is 1.46. The van der Waals surface area contributed by atoms with E-state index in [1.807, 2.05) is 18.2 Å². The Labute approximate surface area is 80.1 Å². The maximum absolute atomic E-state index is 10.7. The number of aromatic nitrogens is 2. The van der Waals surface area contributed by atoms with Crippen LogP contribution in [0.15, 0.2) is 37.2 Å². The van der Waals surface area contributed by atoms with Gasteiger partial charge in [0.1, 0.15) is 12.0 Å². The Morgan fingerprint density at radius 3 is 2.86 bits per heavy atom. The molecular formula is C10H8N2O2. The summed E-state index contributed by atoms with van der Waals surface area (Å²) in [5, 5.41) is 8.77. The standard InChI is InChI=1S/C10H8N2O2/c1-7(10(13)14)12-6-11-8-4-2-3-5-9(8)12/h2-6H,1H2,(H,13,14). The molecule has 0 unspecified atom stereocenters. The normalized spacial score (nSPS) is 10.3. The predicted molar refractivity (Wildman–Crippen MR) is 52.7 cm³/mol. The molecule has 70 valence electrons. The molecule has 1 aromatic carbocycles. The number of para-hydroxylation sites is 2. The fourth-order valence-electron chi connectivity index (χ4n) is 1.28. The molecule has 0 amide bonds. The molecule has 0 aliphatic carbocycles. The van der Waals surface area contributed by atoms with Crippen molar-refractivity contribution >= 4 is 22.7 Å². The molecule has 1 heterocycles. The van der Waals surface area contributed by atoms with E-state index in [9.17, 15) is 4.79 Å². The predicted octanol–water partition coefficient (Wildman–Crippen LogP) is 1.59. The quantitative estimate of drug-likeness (QED) is 0.728. The molecule has 0 spiro atoms. The zero-order chi connectivity index (χ0) is 10.1. The molecule has 0 fully saturated rings. The second kappa shape index (κ2) is 2.99. The minimum absolute atomic E-state index is 0.00120. The average molecular weight is 188 g/mol. The highest BCUT2D eigenvalue weighted by Crippen LogP contribution is 2.15. The van der Waals surface area contributed by atoms with Crippen LogP contribution in [0.4, 0.5) is 0 Å². The van der Waals surface area contributed by atoms with E-state index in [1.54, 1.807) is 6.07 Å². The first-order valence-corrected chi connectivity index (χ1v) is 4.05. The van der Waals surface area contributed by atoms with Crippen molar-refractivity contribution in [2.45, 2.75) is 0 Å². The maximum Gasteiger partial charge on any atom is 0.352 e. The lowest BCUT2D eigenvalue weighted by molar-refractivity contribution is -0.130. The average Bonchev–Trinajstić information content (AvgIpc) is 2.60. The molecule has 1 N–H and O–H groups in total. The Hall–Kier alpha value is -2.10. The van der Waals surface area contributed by atoms with Crippen molar-refractivity contribution in [1.29, 1.82) is 0 Å². The lowest BCUT2D eigenvalue weighted by Crippen LogP contribution is -2.04. The smallest absolute Gasteiger partial charge is 0.352 e. The molecule has 0 saturated heterocycles. The third kappa shape index (κ3) is 1.17. The number of carboxylic acid groups (broad SMARTS) is 1. The van der Waals surface area contributed by atoms with Crippen molar-refractivity contribution in [2.75, 3.05) is 0 Å². The van der Waals surface area contributed by atoms with Gasteiger partial charge in [0.2, 0.25) is 0 Å². The van der Waals surface area contributed by atoms with Gasteiger partial charge in [0, 0.05) is 0 Å². The van der Waals surface area contributed by atoms with Crippen molar-refractivity contribution in [2.24, 2.45) is 0 Å². The van der Waals surface area contributed by atoms with Gasteiger partial charge in [-0.15, -0.1) is 0 Å². The summed E-state index contributed by atoms with van der Waals surface area (Å²) in [5.41, 5.74) is 1.51. The van der Waals surface area contributed by atoms with Crippen LogP contribution in [0.5, 0.6) is 0 Å². The SMILES string of the molecule is C=C(C(=O)O)n1cnc2ccccc21. The van der Waals surface area contributed by atoms with Crippen LogP contribution < -0.4 is 0 Å². The Bertz CT molecular complexity index is 514. The molecule has 1 aromatic heterocycles. The van der Waals surface area contributed by atoms with E-state index < -0.39 is 5.97 Å². The summed E-state index contributed by atoms with van der Waals surface area (Å²) >= 11 is 0. The molecule has 0 aliphatic heterocycles. The first-order chi connectivity index (χ1) is 6.70. The summed E-state index contributed by atoms with van der Waals surface area (Å²) in [6, 6.07) is 7.30. The van der Waals surface area contributed by atoms with Crippen molar-refractivity contribution in [1.82, 2.24) is 9.55 Å². The zero-order valence-corrected chi connectivity index (χ0v) is 7.34. The number of carboxylic acids is 1. The van der Waals surface area contributed by atoms with Gasteiger partial charge in [0.05, 0.1) is 11.0 Å². The number of imidazole rings is 1. The van der Waals surface area contributed by atoms with Gasteiger partial charge in [-0.2, -0.15) is 0 Å². The van der Waals surface area contributed by atoms with Gasteiger partial charge in [0.25, 0.3) is 0 Å². The van der Waals surface area contributed by atoms with Gasteiger partial charge in [0.15, 0.2) is 0 Å². The highest BCUT2D eigenvalue weighted by molar-refractivity contribution is 6.09.